The number of hydrogen-bond acceptors (Lipinski definition) is 5. The van der Waals surface area contributed by atoms with Crippen LogP contribution in [0.1, 0.15) is 6.92 Å². The lowest BCUT2D eigenvalue weighted by molar-refractivity contribution is -0.384. The fraction of sp³-hybridized carbons (Fsp3) is 0.417. The molecule has 0 fully saturated rings. The molecule has 110 valence electrons. The molecule has 0 saturated carbocycles. The highest BCUT2D eigenvalue weighted by atomic mass is 79.9. The number of methoxy groups -OCH3 is 1. The van der Waals surface area contributed by atoms with Crippen molar-refractivity contribution in [1.82, 2.24) is 5.32 Å². The molecule has 1 aromatic carbocycles. The number of rotatable bonds is 7. The minimum atomic E-state index is -0.477. The normalized spacial score (nSPS) is 11.8. The maximum absolute atomic E-state index is 11.8. The first-order valence-electron chi connectivity index (χ1n) is 5.93. The largest absolute Gasteiger partial charge is 0.383 e. The Bertz CT molecular complexity index is 496. The summed E-state index contributed by atoms with van der Waals surface area (Å²) in [6, 6.07) is 3.85. The van der Waals surface area contributed by atoms with Gasteiger partial charge in [0, 0.05) is 35.9 Å². The SMILES string of the molecule is COCCNC(=O)C(C)Nc1ccc([N+](=O)[O-])cc1Br. The van der Waals surface area contributed by atoms with Crippen LogP contribution in [0.3, 0.4) is 0 Å². The monoisotopic (exact) mass is 345 g/mol. The zero-order valence-corrected chi connectivity index (χ0v) is 12.8. The van der Waals surface area contributed by atoms with E-state index in [1.165, 1.54) is 12.1 Å². The molecular weight excluding hydrogens is 330 g/mol. The summed E-state index contributed by atoms with van der Waals surface area (Å²) < 4.78 is 5.37. The van der Waals surface area contributed by atoms with Crippen LogP contribution in [0.15, 0.2) is 22.7 Å². The molecule has 8 heteroatoms. The number of nitro groups is 1. The van der Waals surface area contributed by atoms with E-state index < -0.39 is 11.0 Å². The van der Waals surface area contributed by atoms with Crippen LogP contribution >= 0.6 is 15.9 Å². The highest BCUT2D eigenvalue weighted by Crippen LogP contribution is 2.27. The average Bonchev–Trinajstić information content (AvgIpc) is 2.40. The lowest BCUT2D eigenvalue weighted by Gasteiger charge is -2.16. The van der Waals surface area contributed by atoms with E-state index in [0.717, 1.165) is 0 Å². The molecule has 1 rings (SSSR count). The summed E-state index contributed by atoms with van der Waals surface area (Å²) in [6.45, 7) is 2.58. The van der Waals surface area contributed by atoms with Crippen molar-refractivity contribution in [3.63, 3.8) is 0 Å². The van der Waals surface area contributed by atoms with Crippen LogP contribution in [0.5, 0.6) is 0 Å². The predicted molar refractivity (Wildman–Crippen MR) is 78.8 cm³/mol. The first-order valence-corrected chi connectivity index (χ1v) is 6.72. The minimum absolute atomic E-state index is 0.0142. The number of carbonyl (C=O) groups excluding carboxylic acids is 1. The zero-order chi connectivity index (χ0) is 15.1. The third kappa shape index (κ3) is 4.78. The maximum Gasteiger partial charge on any atom is 0.270 e. The molecule has 2 N–H and O–H groups in total. The second-order valence-electron chi connectivity index (χ2n) is 4.07. The second-order valence-corrected chi connectivity index (χ2v) is 4.93. The van der Waals surface area contributed by atoms with Crippen molar-refractivity contribution < 1.29 is 14.5 Å². The molecule has 7 nitrogen and oxygen atoms in total. The Balaban J connectivity index is 2.63. The van der Waals surface area contributed by atoms with Crippen LogP contribution in [0, 0.1) is 10.1 Å². The fourth-order valence-electron chi connectivity index (χ4n) is 1.46. The third-order valence-corrected chi connectivity index (χ3v) is 3.19. The number of nitrogens with one attached hydrogen (secondary N) is 2. The van der Waals surface area contributed by atoms with Crippen LogP contribution < -0.4 is 10.6 Å². The lowest BCUT2D eigenvalue weighted by Crippen LogP contribution is -2.39. The Kier molecular flexibility index (Phi) is 6.40. The van der Waals surface area contributed by atoms with Gasteiger partial charge in [0.05, 0.1) is 11.5 Å². The van der Waals surface area contributed by atoms with E-state index in [1.54, 1.807) is 20.1 Å². The first kappa shape index (κ1) is 16.4. The van der Waals surface area contributed by atoms with Gasteiger partial charge in [-0.3, -0.25) is 14.9 Å². The van der Waals surface area contributed by atoms with Gasteiger partial charge in [-0.1, -0.05) is 0 Å². The van der Waals surface area contributed by atoms with Gasteiger partial charge in [0.2, 0.25) is 5.91 Å². The number of amides is 1. The zero-order valence-electron chi connectivity index (χ0n) is 11.2. The number of benzene rings is 1. The van der Waals surface area contributed by atoms with Crippen LogP contribution in [0.4, 0.5) is 11.4 Å². The Hall–Kier alpha value is -1.67. The van der Waals surface area contributed by atoms with Crippen LogP contribution in [0.2, 0.25) is 0 Å². The number of hydrogen-bond donors (Lipinski definition) is 2. The summed E-state index contributed by atoms with van der Waals surface area (Å²) in [7, 11) is 1.56. The molecule has 0 aromatic heterocycles. The van der Waals surface area contributed by atoms with Crippen molar-refractivity contribution >= 4 is 33.2 Å². The van der Waals surface area contributed by atoms with Gasteiger partial charge in [-0.25, -0.2) is 0 Å². The van der Waals surface area contributed by atoms with Gasteiger partial charge in [-0.05, 0) is 28.9 Å². The Labute approximate surface area is 125 Å². The number of nitro benzene ring substituents is 1. The van der Waals surface area contributed by atoms with E-state index in [2.05, 4.69) is 26.6 Å². The van der Waals surface area contributed by atoms with Crippen LogP contribution in [-0.4, -0.2) is 37.1 Å². The summed E-state index contributed by atoms with van der Waals surface area (Å²) in [5.41, 5.74) is 0.601. The molecule has 1 aromatic rings. The molecule has 1 amide bonds. The van der Waals surface area contributed by atoms with E-state index in [-0.39, 0.29) is 11.6 Å². The van der Waals surface area contributed by atoms with Gasteiger partial charge in [-0.2, -0.15) is 0 Å². The molecule has 0 saturated heterocycles. The summed E-state index contributed by atoms with van der Waals surface area (Å²) in [5, 5.41) is 16.3. The number of ether oxygens (including phenoxy) is 1. The highest BCUT2D eigenvalue weighted by molar-refractivity contribution is 9.10. The number of non-ortho nitro benzene ring substituents is 1. The molecule has 0 heterocycles. The summed E-state index contributed by atoms with van der Waals surface area (Å²) in [5.74, 6) is -0.174. The molecule has 0 aliphatic heterocycles. The molecule has 20 heavy (non-hydrogen) atoms. The molecule has 0 radical (unpaired) electrons. The quantitative estimate of drug-likeness (QED) is 0.447. The molecule has 1 unspecified atom stereocenters. The third-order valence-electron chi connectivity index (χ3n) is 2.53. The lowest BCUT2D eigenvalue weighted by atomic mass is 10.2. The number of halogens is 1. The van der Waals surface area contributed by atoms with Gasteiger partial charge in [0.25, 0.3) is 5.69 Å². The van der Waals surface area contributed by atoms with Gasteiger partial charge in [-0.15, -0.1) is 0 Å². The Morgan fingerprint density at radius 2 is 2.25 bits per heavy atom. The van der Waals surface area contributed by atoms with Crippen molar-refractivity contribution in [2.24, 2.45) is 0 Å². The molecule has 1 atom stereocenters. The number of anilines is 1. The van der Waals surface area contributed by atoms with E-state index >= 15 is 0 Å². The topological polar surface area (TPSA) is 93.5 Å². The smallest absolute Gasteiger partial charge is 0.270 e. The van der Waals surface area contributed by atoms with E-state index in [1.807, 2.05) is 0 Å². The summed E-state index contributed by atoms with van der Waals surface area (Å²) in [4.78, 5) is 21.9. The predicted octanol–water partition coefficient (Wildman–Crippen LogP) is 1.92. The molecule has 0 aliphatic carbocycles. The molecule has 0 aliphatic rings. The van der Waals surface area contributed by atoms with E-state index in [0.29, 0.717) is 23.3 Å². The molecule has 0 bridgehead atoms. The van der Waals surface area contributed by atoms with Gasteiger partial charge >= 0.3 is 0 Å². The Morgan fingerprint density at radius 3 is 2.80 bits per heavy atom. The van der Waals surface area contributed by atoms with Crippen molar-refractivity contribution in [1.29, 1.82) is 0 Å². The van der Waals surface area contributed by atoms with Crippen molar-refractivity contribution in [3.8, 4) is 0 Å². The van der Waals surface area contributed by atoms with Crippen molar-refractivity contribution in [2.45, 2.75) is 13.0 Å². The average molecular weight is 346 g/mol. The maximum atomic E-state index is 11.8. The first-order chi connectivity index (χ1) is 9.45. The van der Waals surface area contributed by atoms with E-state index in [4.69, 9.17) is 4.74 Å². The van der Waals surface area contributed by atoms with E-state index in [9.17, 15) is 14.9 Å². The summed E-state index contributed by atoms with van der Waals surface area (Å²) >= 11 is 3.24. The highest BCUT2D eigenvalue weighted by Gasteiger charge is 2.15. The Morgan fingerprint density at radius 1 is 1.55 bits per heavy atom. The number of carbonyl (C=O) groups is 1. The van der Waals surface area contributed by atoms with Crippen LogP contribution in [0.25, 0.3) is 0 Å². The second kappa shape index (κ2) is 7.81. The van der Waals surface area contributed by atoms with Gasteiger partial charge in [0.15, 0.2) is 0 Å². The molecule has 0 spiro atoms. The van der Waals surface area contributed by atoms with Crippen molar-refractivity contribution in [3.05, 3.63) is 32.8 Å². The van der Waals surface area contributed by atoms with Crippen molar-refractivity contribution in [2.75, 3.05) is 25.6 Å². The van der Waals surface area contributed by atoms with Gasteiger partial charge < -0.3 is 15.4 Å². The molecular formula is C12H16BrN3O4. The summed E-state index contributed by atoms with van der Waals surface area (Å²) in [6.07, 6.45) is 0. The fourth-order valence-corrected chi connectivity index (χ4v) is 1.94. The standard InChI is InChI=1S/C12H16BrN3O4/c1-8(12(17)14-5-6-20-2)15-11-4-3-9(16(18)19)7-10(11)13/h3-4,7-8,15H,5-6H2,1-2H3,(H,14,17). The number of nitrogens with zero attached hydrogens (tertiary/aromatic N) is 1. The van der Waals surface area contributed by atoms with Gasteiger partial charge in [0.1, 0.15) is 6.04 Å². The minimum Gasteiger partial charge on any atom is -0.383 e. The van der Waals surface area contributed by atoms with Crippen LogP contribution in [-0.2, 0) is 9.53 Å².